The first-order chi connectivity index (χ1) is 13.4. The van der Waals surface area contributed by atoms with Crippen molar-refractivity contribution in [3.8, 4) is 0 Å². The third kappa shape index (κ3) is 5.82. The summed E-state index contributed by atoms with van der Waals surface area (Å²) in [6.07, 6.45) is 2.35. The molecule has 0 bridgehead atoms. The van der Waals surface area contributed by atoms with Crippen LogP contribution in [0.5, 0.6) is 0 Å². The average molecular weight is 394 g/mol. The number of nitrogens with one attached hydrogen (secondary N) is 1. The van der Waals surface area contributed by atoms with E-state index in [0.717, 1.165) is 57.6 Å². The molecule has 2 heterocycles. The Labute approximate surface area is 162 Å². The SMILES string of the molecule is O=C(NCC1CCCN(CCCn2cccn2)C1)c1cccc(C(F)(F)F)c1. The fraction of sp³-hybridized carbons (Fsp3) is 0.500. The van der Waals surface area contributed by atoms with Crippen molar-refractivity contribution in [3.63, 3.8) is 0 Å². The number of piperidine rings is 1. The third-order valence-electron chi connectivity index (χ3n) is 5.03. The van der Waals surface area contributed by atoms with Crippen molar-refractivity contribution >= 4 is 5.91 Å². The molecule has 0 saturated carbocycles. The van der Waals surface area contributed by atoms with Gasteiger partial charge in [-0.25, -0.2) is 0 Å². The van der Waals surface area contributed by atoms with Gasteiger partial charge < -0.3 is 10.2 Å². The molecule has 1 aliphatic rings. The second-order valence-corrected chi connectivity index (χ2v) is 7.22. The normalized spacial score (nSPS) is 18.2. The Balaban J connectivity index is 1.44. The van der Waals surface area contributed by atoms with Crippen LogP contribution < -0.4 is 5.32 Å². The Bertz CT molecular complexity index is 761. The zero-order chi connectivity index (χ0) is 20.0. The van der Waals surface area contributed by atoms with E-state index in [1.165, 1.54) is 12.1 Å². The Hall–Kier alpha value is -2.35. The van der Waals surface area contributed by atoms with Gasteiger partial charge in [-0.15, -0.1) is 0 Å². The van der Waals surface area contributed by atoms with Crippen LogP contribution in [0.4, 0.5) is 13.2 Å². The van der Waals surface area contributed by atoms with Crippen molar-refractivity contribution < 1.29 is 18.0 Å². The van der Waals surface area contributed by atoms with Gasteiger partial charge in [-0.1, -0.05) is 6.07 Å². The van der Waals surface area contributed by atoms with Crippen LogP contribution in [0.25, 0.3) is 0 Å². The van der Waals surface area contributed by atoms with Crippen LogP contribution in [0.1, 0.15) is 35.2 Å². The molecule has 5 nitrogen and oxygen atoms in total. The zero-order valence-corrected chi connectivity index (χ0v) is 15.7. The number of hydrogen-bond donors (Lipinski definition) is 1. The highest BCUT2D eigenvalue weighted by atomic mass is 19.4. The van der Waals surface area contributed by atoms with Crippen molar-refractivity contribution in [3.05, 3.63) is 53.9 Å². The summed E-state index contributed by atoms with van der Waals surface area (Å²) in [7, 11) is 0. The number of alkyl halides is 3. The molecule has 28 heavy (non-hydrogen) atoms. The summed E-state index contributed by atoms with van der Waals surface area (Å²) >= 11 is 0. The lowest BCUT2D eigenvalue weighted by Crippen LogP contribution is -2.41. The van der Waals surface area contributed by atoms with Gasteiger partial charge in [0.1, 0.15) is 0 Å². The summed E-state index contributed by atoms with van der Waals surface area (Å²) < 4.78 is 40.3. The van der Waals surface area contributed by atoms with E-state index in [0.29, 0.717) is 12.5 Å². The molecule has 1 aliphatic heterocycles. The summed E-state index contributed by atoms with van der Waals surface area (Å²) in [5.74, 6) is -0.143. The lowest BCUT2D eigenvalue weighted by atomic mass is 9.97. The minimum atomic E-state index is -4.45. The Morgan fingerprint density at radius 1 is 1.25 bits per heavy atom. The van der Waals surface area contributed by atoms with Gasteiger partial charge in [0.05, 0.1) is 5.56 Å². The van der Waals surface area contributed by atoms with E-state index in [1.54, 1.807) is 6.20 Å². The highest BCUT2D eigenvalue weighted by Gasteiger charge is 2.31. The molecule has 2 aromatic rings. The number of hydrogen-bond acceptors (Lipinski definition) is 3. The van der Waals surface area contributed by atoms with E-state index >= 15 is 0 Å². The maximum absolute atomic E-state index is 12.8. The second-order valence-electron chi connectivity index (χ2n) is 7.22. The molecular weight excluding hydrogens is 369 g/mol. The van der Waals surface area contributed by atoms with Crippen LogP contribution >= 0.6 is 0 Å². The highest BCUT2D eigenvalue weighted by Crippen LogP contribution is 2.29. The summed E-state index contributed by atoms with van der Waals surface area (Å²) in [5, 5.41) is 6.99. The number of rotatable bonds is 7. The minimum absolute atomic E-state index is 0.0433. The molecule has 8 heteroatoms. The van der Waals surface area contributed by atoms with Crippen LogP contribution in [0.3, 0.4) is 0 Å². The van der Waals surface area contributed by atoms with Gasteiger partial charge in [-0.2, -0.15) is 18.3 Å². The highest BCUT2D eigenvalue weighted by molar-refractivity contribution is 5.94. The summed E-state index contributed by atoms with van der Waals surface area (Å²) in [5.41, 5.74) is -0.761. The van der Waals surface area contributed by atoms with Crippen molar-refractivity contribution in [2.24, 2.45) is 5.92 Å². The predicted molar refractivity (Wildman–Crippen MR) is 99.8 cm³/mol. The van der Waals surface area contributed by atoms with Crippen LogP contribution in [0, 0.1) is 5.92 Å². The average Bonchev–Trinajstić information content (AvgIpc) is 3.19. The molecule has 3 rings (SSSR count). The monoisotopic (exact) mass is 394 g/mol. The largest absolute Gasteiger partial charge is 0.416 e. The van der Waals surface area contributed by atoms with E-state index in [2.05, 4.69) is 15.3 Å². The first-order valence-electron chi connectivity index (χ1n) is 9.57. The first kappa shape index (κ1) is 20.4. The molecule has 1 atom stereocenters. The molecule has 1 aromatic heterocycles. The first-order valence-corrected chi connectivity index (χ1v) is 9.57. The Kier molecular flexibility index (Phi) is 6.72. The van der Waals surface area contributed by atoms with Gasteiger partial charge in [0.15, 0.2) is 0 Å². The molecule has 1 amide bonds. The maximum atomic E-state index is 12.8. The van der Waals surface area contributed by atoms with Crippen molar-refractivity contribution in [1.82, 2.24) is 20.0 Å². The molecular formula is C20H25F3N4O. The van der Waals surface area contributed by atoms with Crippen LogP contribution in [0.15, 0.2) is 42.7 Å². The molecule has 0 aliphatic carbocycles. The lowest BCUT2D eigenvalue weighted by molar-refractivity contribution is -0.137. The number of halogens is 3. The molecule has 1 N–H and O–H groups in total. The van der Waals surface area contributed by atoms with Gasteiger partial charge in [0.2, 0.25) is 0 Å². The smallest absolute Gasteiger partial charge is 0.352 e. The second kappa shape index (κ2) is 9.23. The number of carbonyl (C=O) groups excluding carboxylic acids is 1. The summed E-state index contributed by atoms with van der Waals surface area (Å²) in [4.78, 5) is 14.6. The number of amides is 1. The number of likely N-dealkylation sites (tertiary alicyclic amines) is 1. The van der Waals surface area contributed by atoms with Crippen molar-refractivity contribution in [2.75, 3.05) is 26.2 Å². The van der Waals surface area contributed by atoms with E-state index in [1.807, 2.05) is 16.9 Å². The molecule has 152 valence electrons. The number of benzene rings is 1. The van der Waals surface area contributed by atoms with Gasteiger partial charge in [-0.3, -0.25) is 9.48 Å². The number of carbonyl (C=O) groups is 1. The number of nitrogens with zero attached hydrogens (tertiary/aromatic N) is 3. The Morgan fingerprint density at radius 3 is 2.86 bits per heavy atom. The molecule has 1 saturated heterocycles. The minimum Gasteiger partial charge on any atom is -0.352 e. The van der Waals surface area contributed by atoms with Crippen LogP contribution in [0.2, 0.25) is 0 Å². The van der Waals surface area contributed by atoms with Crippen molar-refractivity contribution in [2.45, 2.75) is 32.0 Å². The predicted octanol–water partition coefficient (Wildman–Crippen LogP) is 3.43. The fourth-order valence-electron chi connectivity index (χ4n) is 3.59. The third-order valence-corrected chi connectivity index (χ3v) is 5.03. The van der Waals surface area contributed by atoms with Gasteiger partial charge in [0, 0.05) is 37.6 Å². The van der Waals surface area contributed by atoms with E-state index < -0.39 is 17.6 Å². The molecule has 0 spiro atoms. The lowest BCUT2D eigenvalue weighted by Gasteiger charge is -2.32. The molecule has 1 unspecified atom stereocenters. The topological polar surface area (TPSA) is 50.2 Å². The number of aromatic nitrogens is 2. The molecule has 1 fully saturated rings. The van der Waals surface area contributed by atoms with Gasteiger partial charge in [0.25, 0.3) is 5.91 Å². The molecule has 0 radical (unpaired) electrons. The molecule has 1 aromatic carbocycles. The van der Waals surface area contributed by atoms with E-state index in [-0.39, 0.29) is 5.56 Å². The quantitative estimate of drug-likeness (QED) is 0.783. The number of aryl methyl sites for hydroxylation is 1. The van der Waals surface area contributed by atoms with E-state index in [9.17, 15) is 18.0 Å². The fourth-order valence-corrected chi connectivity index (χ4v) is 3.59. The van der Waals surface area contributed by atoms with Crippen LogP contribution in [-0.4, -0.2) is 46.8 Å². The standard InChI is InChI=1S/C20H25F3N4O/c21-20(22,23)18-7-1-6-17(13-18)19(28)24-14-16-5-2-9-26(15-16)10-4-12-27-11-3-8-25-27/h1,3,6-8,11,13,16H,2,4-5,9-10,12,14-15H2,(H,24,28). The summed E-state index contributed by atoms with van der Waals surface area (Å²) in [6, 6.07) is 6.45. The maximum Gasteiger partial charge on any atom is 0.416 e. The van der Waals surface area contributed by atoms with Gasteiger partial charge in [-0.05, 0) is 62.5 Å². The van der Waals surface area contributed by atoms with E-state index in [4.69, 9.17) is 0 Å². The van der Waals surface area contributed by atoms with Crippen LogP contribution in [-0.2, 0) is 12.7 Å². The Morgan fingerprint density at radius 2 is 2.11 bits per heavy atom. The van der Waals surface area contributed by atoms with Gasteiger partial charge >= 0.3 is 6.18 Å². The zero-order valence-electron chi connectivity index (χ0n) is 15.7. The van der Waals surface area contributed by atoms with Crippen molar-refractivity contribution in [1.29, 1.82) is 0 Å². The summed E-state index contributed by atoms with van der Waals surface area (Å²) in [6.45, 7) is 4.25.